The van der Waals surface area contributed by atoms with Crippen molar-refractivity contribution in [3.8, 4) is 5.75 Å². The summed E-state index contributed by atoms with van der Waals surface area (Å²) >= 11 is 0. The zero-order chi connectivity index (χ0) is 30.0. The van der Waals surface area contributed by atoms with Crippen LogP contribution in [0.3, 0.4) is 0 Å². The molecular formula is C36H45NO5. The van der Waals surface area contributed by atoms with Crippen molar-refractivity contribution in [3.63, 3.8) is 0 Å². The monoisotopic (exact) mass is 571 g/mol. The lowest BCUT2D eigenvalue weighted by molar-refractivity contribution is -0.143. The molecule has 3 N–H and O–H groups in total. The van der Waals surface area contributed by atoms with Gasteiger partial charge in [0.15, 0.2) is 0 Å². The second-order valence-electron chi connectivity index (χ2n) is 12.5. The van der Waals surface area contributed by atoms with E-state index in [4.69, 9.17) is 0 Å². The minimum atomic E-state index is -0.833. The van der Waals surface area contributed by atoms with Crippen LogP contribution in [0, 0.1) is 31.6 Å². The molecule has 2 aliphatic carbocycles. The van der Waals surface area contributed by atoms with Crippen molar-refractivity contribution < 1.29 is 24.9 Å². The Balaban J connectivity index is 1.42. The summed E-state index contributed by atoms with van der Waals surface area (Å²) in [6, 6.07) is 14.0. The molecule has 42 heavy (non-hydrogen) atoms. The number of carbonyl (C=O) groups excluding carboxylic acids is 2. The Morgan fingerprint density at radius 3 is 2.31 bits per heavy atom. The summed E-state index contributed by atoms with van der Waals surface area (Å²) in [7, 11) is 0. The summed E-state index contributed by atoms with van der Waals surface area (Å²) in [4.78, 5) is 28.9. The smallest absolute Gasteiger partial charge is 0.234 e. The van der Waals surface area contributed by atoms with Gasteiger partial charge in [-0.3, -0.25) is 14.5 Å². The number of hydrogen-bond donors (Lipinski definition) is 3. The van der Waals surface area contributed by atoms with E-state index in [0.29, 0.717) is 31.4 Å². The third-order valence-corrected chi connectivity index (χ3v) is 9.83. The van der Waals surface area contributed by atoms with E-state index < -0.39 is 23.9 Å². The van der Waals surface area contributed by atoms with E-state index >= 15 is 0 Å². The fourth-order valence-corrected chi connectivity index (χ4v) is 7.70. The molecule has 1 saturated carbocycles. The summed E-state index contributed by atoms with van der Waals surface area (Å²) < 4.78 is 0. The number of phenols is 1. The van der Waals surface area contributed by atoms with E-state index in [1.54, 1.807) is 0 Å². The number of carbonyl (C=O) groups is 2. The number of fused-ring (bicyclic) bond motifs is 1. The molecule has 3 aliphatic rings. The summed E-state index contributed by atoms with van der Waals surface area (Å²) in [5.41, 5.74) is 6.49. The van der Waals surface area contributed by atoms with Gasteiger partial charge in [-0.1, -0.05) is 68.2 Å². The van der Waals surface area contributed by atoms with Crippen LogP contribution < -0.4 is 0 Å². The Hall–Kier alpha value is -3.22. The number of nitrogens with zero attached hydrogens (tertiary/aromatic N) is 1. The number of imide groups is 1. The third-order valence-electron chi connectivity index (χ3n) is 9.83. The minimum Gasteiger partial charge on any atom is -0.507 e. The molecule has 0 bridgehead atoms. The normalized spacial score (nSPS) is 24.4. The average Bonchev–Trinajstić information content (AvgIpc) is 3.26. The Morgan fingerprint density at radius 2 is 1.69 bits per heavy atom. The van der Waals surface area contributed by atoms with Crippen LogP contribution >= 0.6 is 0 Å². The zero-order valence-electron chi connectivity index (χ0n) is 25.2. The number of aryl methyl sites for hydroxylation is 2. The van der Waals surface area contributed by atoms with E-state index in [0.717, 1.165) is 71.1 Å². The van der Waals surface area contributed by atoms with Gasteiger partial charge >= 0.3 is 0 Å². The number of benzene rings is 2. The van der Waals surface area contributed by atoms with Gasteiger partial charge in [-0.2, -0.15) is 0 Å². The van der Waals surface area contributed by atoms with Gasteiger partial charge in [0.25, 0.3) is 0 Å². The standard InChI is InChI=1S/C36H45NO5/c1-4-25-20-29-33(36(42)37(35(29)41)28-13-9-6-10-14-28)30(21-38)32(25)31(39)16-15-27(26-11-7-5-8-12-26)19-24-17-22(2)34(40)23(3)18-24/h5,7-8,11-12,17-19,28-31,33,38-40H,4,6,9-10,13-16,20-21H2,1-3H3/b27-19-/t29-,30+,31-,33-/m1/s1. The first-order valence-electron chi connectivity index (χ1n) is 15.7. The predicted octanol–water partition coefficient (Wildman–Crippen LogP) is 6.34. The Labute approximate surface area is 249 Å². The molecule has 5 rings (SSSR count). The molecule has 2 aromatic rings. The molecule has 0 radical (unpaired) electrons. The molecule has 224 valence electrons. The molecule has 1 aliphatic heterocycles. The highest BCUT2D eigenvalue weighted by Crippen LogP contribution is 2.48. The highest BCUT2D eigenvalue weighted by Gasteiger charge is 2.56. The highest BCUT2D eigenvalue weighted by atomic mass is 16.3. The summed E-state index contributed by atoms with van der Waals surface area (Å²) in [5.74, 6) is -1.53. The number of likely N-dealkylation sites (tertiary alicyclic amines) is 1. The van der Waals surface area contributed by atoms with Crippen molar-refractivity contribution in [2.45, 2.75) is 90.7 Å². The van der Waals surface area contributed by atoms with Crippen LogP contribution in [0.1, 0.15) is 87.0 Å². The second-order valence-corrected chi connectivity index (χ2v) is 12.5. The molecule has 4 atom stereocenters. The molecule has 1 saturated heterocycles. The predicted molar refractivity (Wildman–Crippen MR) is 165 cm³/mol. The number of hydrogen-bond acceptors (Lipinski definition) is 5. The summed E-state index contributed by atoms with van der Waals surface area (Å²) in [6.07, 6.45) is 8.36. The fraction of sp³-hybridized carbons (Fsp3) is 0.500. The van der Waals surface area contributed by atoms with Crippen molar-refractivity contribution in [2.75, 3.05) is 6.61 Å². The lowest BCUT2D eigenvalue weighted by Gasteiger charge is -2.36. The zero-order valence-corrected chi connectivity index (χ0v) is 25.2. The first-order chi connectivity index (χ1) is 20.2. The molecule has 0 spiro atoms. The van der Waals surface area contributed by atoms with Crippen molar-refractivity contribution in [2.24, 2.45) is 17.8 Å². The van der Waals surface area contributed by atoms with Crippen LogP contribution in [0.15, 0.2) is 53.6 Å². The summed E-state index contributed by atoms with van der Waals surface area (Å²) in [6.45, 7) is 5.55. The maximum Gasteiger partial charge on any atom is 0.234 e. The van der Waals surface area contributed by atoms with Crippen LogP contribution in [0.5, 0.6) is 5.75 Å². The number of aromatic hydroxyl groups is 1. The van der Waals surface area contributed by atoms with Crippen molar-refractivity contribution in [1.29, 1.82) is 0 Å². The van der Waals surface area contributed by atoms with Crippen LogP contribution in [0.25, 0.3) is 11.6 Å². The lowest BCUT2D eigenvalue weighted by atomic mass is 9.67. The Morgan fingerprint density at radius 1 is 1.02 bits per heavy atom. The van der Waals surface area contributed by atoms with Crippen molar-refractivity contribution in [3.05, 3.63) is 75.9 Å². The van der Waals surface area contributed by atoms with Crippen LogP contribution in [-0.4, -0.2) is 50.8 Å². The lowest BCUT2D eigenvalue weighted by Crippen LogP contribution is -2.42. The van der Waals surface area contributed by atoms with E-state index in [9.17, 15) is 24.9 Å². The van der Waals surface area contributed by atoms with Crippen LogP contribution in [0.4, 0.5) is 0 Å². The van der Waals surface area contributed by atoms with Crippen LogP contribution in [0.2, 0.25) is 0 Å². The molecule has 0 unspecified atom stereocenters. The molecule has 2 amide bonds. The molecule has 2 fully saturated rings. The largest absolute Gasteiger partial charge is 0.507 e. The Kier molecular flexibility index (Phi) is 9.34. The van der Waals surface area contributed by atoms with E-state index in [2.05, 4.69) is 18.2 Å². The molecule has 2 aromatic carbocycles. The van der Waals surface area contributed by atoms with Crippen molar-refractivity contribution in [1.82, 2.24) is 4.90 Å². The van der Waals surface area contributed by atoms with Gasteiger partial charge in [-0.05, 0) is 97.9 Å². The van der Waals surface area contributed by atoms with E-state index in [1.807, 2.05) is 51.1 Å². The van der Waals surface area contributed by atoms with Gasteiger partial charge in [-0.15, -0.1) is 0 Å². The number of aliphatic hydroxyl groups excluding tert-OH is 2. The fourth-order valence-electron chi connectivity index (χ4n) is 7.70. The molecule has 6 nitrogen and oxygen atoms in total. The number of phenolic OH excluding ortho intramolecular Hbond substituents is 1. The van der Waals surface area contributed by atoms with Gasteiger partial charge in [0.1, 0.15) is 5.75 Å². The minimum absolute atomic E-state index is 0.0344. The summed E-state index contributed by atoms with van der Waals surface area (Å²) in [5, 5.41) is 32.6. The number of amides is 2. The van der Waals surface area contributed by atoms with E-state index in [-0.39, 0.29) is 24.5 Å². The molecular weight excluding hydrogens is 526 g/mol. The van der Waals surface area contributed by atoms with Gasteiger partial charge in [0.2, 0.25) is 11.8 Å². The maximum absolute atomic E-state index is 13.8. The number of allylic oxidation sites excluding steroid dienone is 2. The first-order valence-corrected chi connectivity index (χ1v) is 15.7. The molecule has 1 heterocycles. The molecule has 6 heteroatoms. The van der Waals surface area contributed by atoms with Gasteiger partial charge in [0, 0.05) is 12.0 Å². The quantitative estimate of drug-likeness (QED) is 0.185. The second kappa shape index (κ2) is 13.0. The van der Waals surface area contributed by atoms with Crippen molar-refractivity contribution >= 4 is 23.5 Å². The number of aliphatic hydroxyl groups is 2. The first kappa shape index (κ1) is 30.2. The van der Waals surface area contributed by atoms with Gasteiger partial charge in [0.05, 0.1) is 24.5 Å². The SMILES string of the molecule is CCC1=C([C@H](O)CC/C(=C/c2cc(C)c(O)c(C)c2)c2ccccc2)[C@H](CO)[C@@H]2C(=O)N(C3CCCCC3)C(=O)[C@@H]2C1. The third kappa shape index (κ3) is 5.84. The Bertz CT molecular complexity index is 1350. The number of rotatable bonds is 9. The molecule has 0 aromatic heterocycles. The topological polar surface area (TPSA) is 98.1 Å². The maximum atomic E-state index is 13.8. The van der Waals surface area contributed by atoms with Gasteiger partial charge in [-0.25, -0.2) is 0 Å². The average molecular weight is 572 g/mol. The highest BCUT2D eigenvalue weighted by molar-refractivity contribution is 6.06. The van der Waals surface area contributed by atoms with Gasteiger partial charge < -0.3 is 15.3 Å². The van der Waals surface area contributed by atoms with Crippen LogP contribution in [-0.2, 0) is 9.59 Å². The van der Waals surface area contributed by atoms with E-state index in [1.165, 1.54) is 4.90 Å².